The predicted octanol–water partition coefficient (Wildman–Crippen LogP) is 4.17. The second-order valence-corrected chi connectivity index (χ2v) is 13.9. The highest BCUT2D eigenvalue weighted by Gasteiger charge is 2.59. The van der Waals surface area contributed by atoms with Crippen molar-refractivity contribution in [1.29, 1.82) is 0 Å². The first-order chi connectivity index (χ1) is 23.0. The molecule has 4 aliphatic rings. The molecule has 1 aliphatic carbocycles. The molecule has 2 aromatic carbocycles. The van der Waals surface area contributed by atoms with E-state index in [-0.39, 0.29) is 38.8 Å². The molecule has 1 fully saturated rings. The number of nitrogens with zero attached hydrogens (tertiary/aromatic N) is 1. The van der Waals surface area contributed by atoms with Gasteiger partial charge in [0.15, 0.2) is 23.2 Å². The Hall–Kier alpha value is -3.64. The number of carbonyl (C=O) groups excluding carboxylic acids is 2. The molecule has 1 spiro atoms. The van der Waals surface area contributed by atoms with E-state index < -0.39 is 41.2 Å². The Morgan fingerprint density at radius 2 is 1.81 bits per heavy atom. The molecular weight excluding hydrogens is 618 g/mol. The Balaban J connectivity index is 1.21. The third-order valence-corrected chi connectivity index (χ3v) is 10.00. The van der Waals surface area contributed by atoms with Crippen LogP contribution in [0.25, 0.3) is 0 Å². The van der Waals surface area contributed by atoms with Crippen LogP contribution in [0.15, 0.2) is 54.3 Å². The molecule has 11 nitrogen and oxygen atoms in total. The number of carbonyl (C=O) groups is 2. The van der Waals surface area contributed by atoms with Crippen LogP contribution in [0.1, 0.15) is 75.0 Å². The second-order valence-electron chi connectivity index (χ2n) is 13.9. The van der Waals surface area contributed by atoms with Gasteiger partial charge in [-0.25, -0.2) is 4.79 Å². The maximum absolute atomic E-state index is 14.1. The maximum atomic E-state index is 14.1. The van der Waals surface area contributed by atoms with Crippen molar-refractivity contribution in [1.82, 2.24) is 4.90 Å². The standard InChI is InChI=1S/C37H47NO10/c1-35(2,41)12-7-14-37(42,22-31(39)45-18-17-44-23-25-9-5-4-6-10-25)34(40)48-33-30(43-3)21-36-13-8-15-38(36)16-11-26-19-28-29(47-24-46-28)20-27(26)32(33)36/h4-6,9-10,19-21,32-33,41-42H,7-8,11-18,22-24H2,1-3H3/t32-,33?,36+,37?/m1/s1. The first-order valence-electron chi connectivity index (χ1n) is 16.9. The van der Waals surface area contributed by atoms with Gasteiger partial charge in [-0.15, -0.1) is 0 Å². The average molecular weight is 666 g/mol. The highest BCUT2D eigenvalue weighted by Crippen LogP contribution is 2.55. The number of aliphatic hydroxyl groups is 2. The molecule has 260 valence electrons. The predicted molar refractivity (Wildman–Crippen MR) is 174 cm³/mol. The number of benzene rings is 2. The van der Waals surface area contributed by atoms with E-state index in [1.807, 2.05) is 42.5 Å². The minimum atomic E-state index is -2.19. The lowest BCUT2D eigenvalue weighted by Gasteiger charge is -2.39. The molecule has 48 heavy (non-hydrogen) atoms. The van der Waals surface area contributed by atoms with Gasteiger partial charge in [-0.2, -0.15) is 0 Å². The van der Waals surface area contributed by atoms with Crippen LogP contribution in [0.3, 0.4) is 0 Å². The minimum absolute atomic E-state index is 0.0348. The number of rotatable bonds is 14. The molecule has 4 atom stereocenters. The number of ether oxygens (including phenoxy) is 6. The van der Waals surface area contributed by atoms with E-state index in [9.17, 15) is 19.8 Å². The van der Waals surface area contributed by atoms with Crippen LogP contribution < -0.4 is 9.47 Å². The van der Waals surface area contributed by atoms with E-state index in [1.165, 1.54) is 0 Å². The largest absolute Gasteiger partial charge is 0.497 e. The first-order valence-corrected chi connectivity index (χ1v) is 16.9. The molecule has 6 rings (SSSR count). The Morgan fingerprint density at radius 3 is 2.56 bits per heavy atom. The smallest absolute Gasteiger partial charge is 0.339 e. The average Bonchev–Trinajstić information content (AvgIpc) is 3.74. The topological polar surface area (TPSA) is 133 Å². The lowest BCUT2D eigenvalue weighted by Crippen LogP contribution is -2.49. The molecule has 0 amide bonds. The van der Waals surface area contributed by atoms with Gasteiger partial charge < -0.3 is 38.6 Å². The Labute approximate surface area is 281 Å². The molecule has 0 aromatic heterocycles. The van der Waals surface area contributed by atoms with E-state index in [4.69, 9.17) is 28.4 Å². The Kier molecular flexibility index (Phi) is 10.0. The SMILES string of the molecule is COC1=C[C@]23CCCN2CCc2cc4c(cc2[C@@H]3C1OC(=O)C(O)(CCCC(C)(C)O)CC(=O)OCCOCc1ccccc1)OCO4. The van der Waals surface area contributed by atoms with Crippen LogP contribution in [-0.4, -0.2) is 90.1 Å². The fourth-order valence-electron chi connectivity index (χ4n) is 7.66. The van der Waals surface area contributed by atoms with Crippen LogP contribution in [0.2, 0.25) is 0 Å². The van der Waals surface area contributed by atoms with Crippen molar-refractivity contribution in [3.63, 3.8) is 0 Å². The summed E-state index contributed by atoms with van der Waals surface area (Å²) in [5.74, 6) is -0.174. The molecule has 2 unspecified atom stereocenters. The zero-order valence-electron chi connectivity index (χ0n) is 28.1. The highest BCUT2D eigenvalue weighted by atomic mass is 16.7. The minimum Gasteiger partial charge on any atom is -0.497 e. The zero-order chi connectivity index (χ0) is 33.9. The number of hydrogen-bond donors (Lipinski definition) is 2. The summed E-state index contributed by atoms with van der Waals surface area (Å²) in [5.41, 5.74) is -0.596. The van der Waals surface area contributed by atoms with Crippen molar-refractivity contribution < 1.29 is 48.2 Å². The summed E-state index contributed by atoms with van der Waals surface area (Å²) in [5, 5.41) is 22.2. The monoisotopic (exact) mass is 665 g/mol. The van der Waals surface area contributed by atoms with E-state index >= 15 is 0 Å². The van der Waals surface area contributed by atoms with Gasteiger partial charge in [-0.05, 0) is 93.8 Å². The van der Waals surface area contributed by atoms with E-state index in [0.29, 0.717) is 30.3 Å². The van der Waals surface area contributed by atoms with Gasteiger partial charge >= 0.3 is 11.9 Å². The number of methoxy groups -OCH3 is 1. The lowest BCUT2D eigenvalue weighted by atomic mass is 9.77. The molecular formula is C37H47NO10. The van der Waals surface area contributed by atoms with E-state index in [1.54, 1.807) is 21.0 Å². The first kappa shape index (κ1) is 34.2. The van der Waals surface area contributed by atoms with E-state index in [2.05, 4.69) is 11.0 Å². The fourth-order valence-corrected chi connectivity index (χ4v) is 7.66. The fraction of sp³-hybridized carbons (Fsp3) is 0.568. The Bertz CT molecular complexity index is 1500. The second kappa shape index (κ2) is 14.1. The summed E-state index contributed by atoms with van der Waals surface area (Å²) < 4.78 is 34.6. The molecule has 0 radical (unpaired) electrons. The summed E-state index contributed by atoms with van der Waals surface area (Å²) in [6.07, 6.45) is 3.71. The normalized spacial score (nSPS) is 24.1. The van der Waals surface area contributed by atoms with Gasteiger partial charge in [0.05, 0.1) is 43.8 Å². The van der Waals surface area contributed by atoms with Gasteiger partial charge in [0.1, 0.15) is 12.4 Å². The van der Waals surface area contributed by atoms with Gasteiger partial charge in [0, 0.05) is 6.54 Å². The maximum Gasteiger partial charge on any atom is 0.339 e. The summed E-state index contributed by atoms with van der Waals surface area (Å²) in [6.45, 7) is 5.67. The highest BCUT2D eigenvalue weighted by molar-refractivity contribution is 5.86. The van der Waals surface area contributed by atoms with Gasteiger partial charge in [-0.3, -0.25) is 9.69 Å². The molecule has 0 saturated carbocycles. The van der Waals surface area contributed by atoms with Gasteiger partial charge in [0.2, 0.25) is 6.79 Å². The molecule has 2 aromatic rings. The van der Waals surface area contributed by atoms with Crippen molar-refractivity contribution >= 4 is 11.9 Å². The number of fused-ring (bicyclic) bond motifs is 3. The van der Waals surface area contributed by atoms with Crippen LogP contribution >= 0.6 is 0 Å². The molecule has 0 bridgehead atoms. The summed E-state index contributed by atoms with van der Waals surface area (Å²) in [7, 11) is 1.56. The summed E-state index contributed by atoms with van der Waals surface area (Å²) in [6, 6.07) is 13.6. The van der Waals surface area contributed by atoms with E-state index in [0.717, 1.165) is 49.0 Å². The molecule has 3 aliphatic heterocycles. The quantitative estimate of drug-likeness (QED) is 0.223. The zero-order valence-corrected chi connectivity index (χ0v) is 28.1. The van der Waals surface area contributed by atoms with Gasteiger partial charge in [0.25, 0.3) is 0 Å². The Morgan fingerprint density at radius 1 is 1.04 bits per heavy atom. The van der Waals surface area contributed by atoms with Crippen molar-refractivity contribution in [2.24, 2.45) is 0 Å². The van der Waals surface area contributed by atoms with Crippen LogP contribution in [0, 0.1) is 0 Å². The number of hydrogen-bond acceptors (Lipinski definition) is 11. The molecule has 2 N–H and O–H groups in total. The molecule has 1 saturated heterocycles. The molecule has 3 heterocycles. The van der Waals surface area contributed by atoms with Crippen molar-refractivity contribution in [3.05, 3.63) is 71.0 Å². The lowest BCUT2D eigenvalue weighted by molar-refractivity contribution is -0.179. The third kappa shape index (κ3) is 7.19. The summed E-state index contributed by atoms with van der Waals surface area (Å²) in [4.78, 5) is 29.6. The van der Waals surface area contributed by atoms with Crippen molar-refractivity contribution in [2.75, 3.05) is 40.2 Å². The van der Waals surface area contributed by atoms with Crippen molar-refractivity contribution in [3.8, 4) is 11.5 Å². The number of esters is 2. The van der Waals surface area contributed by atoms with Crippen LogP contribution in [0.5, 0.6) is 11.5 Å². The van der Waals surface area contributed by atoms with Gasteiger partial charge in [-0.1, -0.05) is 30.3 Å². The third-order valence-electron chi connectivity index (χ3n) is 10.00. The summed E-state index contributed by atoms with van der Waals surface area (Å²) >= 11 is 0. The van der Waals surface area contributed by atoms with Crippen LogP contribution in [0.4, 0.5) is 0 Å². The van der Waals surface area contributed by atoms with Crippen LogP contribution in [-0.2, 0) is 41.6 Å². The van der Waals surface area contributed by atoms with Crippen molar-refractivity contribution in [2.45, 2.75) is 94.2 Å². The molecule has 11 heteroatoms.